The van der Waals surface area contributed by atoms with Gasteiger partial charge in [-0.2, -0.15) is 0 Å². The summed E-state index contributed by atoms with van der Waals surface area (Å²) in [5.74, 6) is -0.200. The van der Waals surface area contributed by atoms with Gasteiger partial charge in [0.15, 0.2) is 4.47 Å². The molecule has 0 aliphatic carbocycles. The van der Waals surface area contributed by atoms with Gasteiger partial charge < -0.3 is 5.32 Å². The summed E-state index contributed by atoms with van der Waals surface area (Å²) < 4.78 is 0.349. The largest absolute Gasteiger partial charge is 0.346 e. The number of rotatable bonds is 4. The van der Waals surface area contributed by atoms with Gasteiger partial charge in [0.2, 0.25) is 0 Å². The lowest BCUT2D eigenvalue weighted by Gasteiger charge is -2.05. The lowest BCUT2D eigenvalue weighted by Crippen LogP contribution is -2.22. The SMILES string of the molecule is O=C(NCc1ccccn1)c1sc(Cl)nc1-c1ccccc1. The van der Waals surface area contributed by atoms with E-state index in [1.165, 1.54) is 11.3 Å². The maximum absolute atomic E-state index is 12.4. The Labute approximate surface area is 136 Å². The molecule has 0 atom stereocenters. The molecular weight excluding hydrogens is 318 g/mol. The fraction of sp³-hybridized carbons (Fsp3) is 0.0625. The van der Waals surface area contributed by atoms with Gasteiger partial charge in [0.25, 0.3) is 5.91 Å². The number of hydrogen-bond donors (Lipinski definition) is 1. The first-order valence-corrected chi connectivity index (χ1v) is 7.83. The third-order valence-corrected chi connectivity index (χ3v) is 4.17. The molecule has 2 heterocycles. The summed E-state index contributed by atoms with van der Waals surface area (Å²) in [6.45, 7) is 0.365. The molecule has 110 valence electrons. The predicted octanol–water partition coefficient (Wildman–Crippen LogP) is 3.79. The van der Waals surface area contributed by atoms with E-state index < -0.39 is 0 Å². The van der Waals surface area contributed by atoms with Crippen LogP contribution in [0.5, 0.6) is 0 Å². The molecule has 1 aromatic carbocycles. The van der Waals surface area contributed by atoms with Gasteiger partial charge in [0.05, 0.1) is 17.9 Å². The van der Waals surface area contributed by atoms with Crippen molar-refractivity contribution in [3.8, 4) is 11.3 Å². The van der Waals surface area contributed by atoms with Crippen LogP contribution in [0, 0.1) is 0 Å². The maximum atomic E-state index is 12.4. The van der Waals surface area contributed by atoms with E-state index in [9.17, 15) is 4.79 Å². The Hall–Kier alpha value is -2.24. The van der Waals surface area contributed by atoms with Crippen LogP contribution in [0.3, 0.4) is 0 Å². The number of nitrogens with one attached hydrogen (secondary N) is 1. The van der Waals surface area contributed by atoms with E-state index in [2.05, 4.69) is 15.3 Å². The highest BCUT2D eigenvalue weighted by Gasteiger charge is 2.18. The highest BCUT2D eigenvalue weighted by molar-refractivity contribution is 7.18. The second-order valence-corrected chi connectivity index (χ2v) is 6.10. The molecule has 0 radical (unpaired) electrons. The molecule has 1 N–H and O–H groups in total. The van der Waals surface area contributed by atoms with Gasteiger partial charge in [0, 0.05) is 11.8 Å². The van der Waals surface area contributed by atoms with Gasteiger partial charge in [-0.1, -0.05) is 59.3 Å². The van der Waals surface area contributed by atoms with E-state index in [1.807, 2.05) is 48.5 Å². The fourth-order valence-corrected chi connectivity index (χ4v) is 3.04. The minimum atomic E-state index is -0.200. The third kappa shape index (κ3) is 3.32. The van der Waals surface area contributed by atoms with Crippen LogP contribution in [0.25, 0.3) is 11.3 Å². The Bertz CT molecular complexity index is 775. The molecular formula is C16H12ClN3OS. The molecule has 0 aliphatic heterocycles. The Morgan fingerprint density at radius 2 is 1.91 bits per heavy atom. The number of halogens is 1. The molecule has 6 heteroatoms. The molecule has 0 saturated carbocycles. The summed E-state index contributed by atoms with van der Waals surface area (Å²) in [5, 5.41) is 2.85. The number of pyridine rings is 1. The number of hydrogen-bond acceptors (Lipinski definition) is 4. The Kier molecular flexibility index (Phi) is 4.46. The summed E-state index contributed by atoms with van der Waals surface area (Å²) in [6, 6.07) is 15.1. The fourth-order valence-electron chi connectivity index (χ4n) is 1.99. The van der Waals surface area contributed by atoms with E-state index in [0.717, 1.165) is 11.3 Å². The van der Waals surface area contributed by atoms with Crippen LogP contribution >= 0.6 is 22.9 Å². The van der Waals surface area contributed by atoms with Gasteiger partial charge in [0.1, 0.15) is 4.88 Å². The van der Waals surface area contributed by atoms with Crippen LogP contribution in [-0.2, 0) is 6.54 Å². The van der Waals surface area contributed by atoms with Crippen LogP contribution in [0.15, 0.2) is 54.7 Å². The molecule has 0 saturated heterocycles. The molecule has 2 aromatic heterocycles. The zero-order valence-electron chi connectivity index (χ0n) is 11.5. The average Bonchev–Trinajstić information content (AvgIpc) is 2.96. The Morgan fingerprint density at radius 3 is 2.64 bits per heavy atom. The number of benzene rings is 1. The molecule has 0 aliphatic rings. The quantitative estimate of drug-likeness (QED) is 0.792. The molecule has 0 fully saturated rings. The number of aromatic nitrogens is 2. The second kappa shape index (κ2) is 6.68. The van der Waals surface area contributed by atoms with Gasteiger partial charge in [-0.15, -0.1) is 0 Å². The number of thiazole rings is 1. The van der Waals surface area contributed by atoms with Crippen LogP contribution in [-0.4, -0.2) is 15.9 Å². The normalized spacial score (nSPS) is 10.4. The summed E-state index contributed by atoms with van der Waals surface area (Å²) in [5.41, 5.74) is 2.27. The summed E-state index contributed by atoms with van der Waals surface area (Å²) in [7, 11) is 0. The van der Waals surface area contributed by atoms with Crippen molar-refractivity contribution in [3.63, 3.8) is 0 Å². The number of carbonyl (C=O) groups is 1. The molecule has 0 unspecified atom stereocenters. The molecule has 4 nitrogen and oxygen atoms in total. The van der Waals surface area contributed by atoms with Crippen molar-refractivity contribution >= 4 is 28.8 Å². The molecule has 0 spiro atoms. The standard InChI is InChI=1S/C16H12ClN3OS/c17-16-20-13(11-6-2-1-3-7-11)14(22-16)15(21)19-10-12-8-4-5-9-18-12/h1-9H,10H2,(H,19,21). The van der Waals surface area contributed by atoms with Crippen LogP contribution in [0.4, 0.5) is 0 Å². The van der Waals surface area contributed by atoms with Gasteiger partial charge in [-0.25, -0.2) is 4.98 Å². The van der Waals surface area contributed by atoms with Crippen molar-refractivity contribution in [2.24, 2.45) is 0 Å². The van der Waals surface area contributed by atoms with Crippen molar-refractivity contribution in [2.75, 3.05) is 0 Å². The highest BCUT2D eigenvalue weighted by atomic mass is 35.5. The number of nitrogens with zero attached hydrogens (tertiary/aromatic N) is 2. The summed E-state index contributed by atoms with van der Waals surface area (Å²) in [4.78, 5) is 21.3. The molecule has 3 rings (SSSR count). The maximum Gasteiger partial charge on any atom is 0.264 e. The van der Waals surface area contributed by atoms with Gasteiger partial charge in [-0.05, 0) is 12.1 Å². The minimum absolute atomic E-state index is 0.200. The summed E-state index contributed by atoms with van der Waals surface area (Å²) >= 11 is 7.17. The Morgan fingerprint density at radius 1 is 1.14 bits per heavy atom. The zero-order valence-corrected chi connectivity index (χ0v) is 13.1. The first-order chi connectivity index (χ1) is 10.7. The predicted molar refractivity (Wildman–Crippen MR) is 88.0 cm³/mol. The lowest BCUT2D eigenvalue weighted by atomic mass is 10.1. The molecule has 1 amide bonds. The first-order valence-electron chi connectivity index (χ1n) is 6.64. The number of carbonyl (C=O) groups excluding carboxylic acids is 1. The van der Waals surface area contributed by atoms with Crippen LogP contribution < -0.4 is 5.32 Å². The van der Waals surface area contributed by atoms with E-state index in [0.29, 0.717) is 21.6 Å². The lowest BCUT2D eigenvalue weighted by molar-refractivity contribution is 0.0955. The zero-order chi connectivity index (χ0) is 15.4. The average molecular weight is 330 g/mol. The van der Waals surface area contributed by atoms with Crippen molar-refractivity contribution < 1.29 is 4.79 Å². The first kappa shape index (κ1) is 14.7. The molecule has 0 bridgehead atoms. The Balaban J connectivity index is 1.81. The smallest absolute Gasteiger partial charge is 0.264 e. The van der Waals surface area contributed by atoms with Crippen molar-refractivity contribution in [1.29, 1.82) is 0 Å². The molecule has 3 aromatic rings. The van der Waals surface area contributed by atoms with E-state index in [4.69, 9.17) is 11.6 Å². The monoisotopic (exact) mass is 329 g/mol. The van der Waals surface area contributed by atoms with E-state index >= 15 is 0 Å². The van der Waals surface area contributed by atoms with Gasteiger partial charge >= 0.3 is 0 Å². The van der Waals surface area contributed by atoms with Crippen molar-refractivity contribution in [3.05, 3.63) is 69.8 Å². The van der Waals surface area contributed by atoms with Crippen LogP contribution in [0.1, 0.15) is 15.4 Å². The highest BCUT2D eigenvalue weighted by Crippen LogP contribution is 2.30. The van der Waals surface area contributed by atoms with Gasteiger partial charge in [-0.3, -0.25) is 9.78 Å². The second-order valence-electron chi connectivity index (χ2n) is 4.51. The van der Waals surface area contributed by atoms with Crippen molar-refractivity contribution in [1.82, 2.24) is 15.3 Å². The van der Waals surface area contributed by atoms with E-state index in [1.54, 1.807) is 6.20 Å². The van der Waals surface area contributed by atoms with Crippen molar-refractivity contribution in [2.45, 2.75) is 6.54 Å². The topological polar surface area (TPSA) is 54.9 Å². The minimum Gasteiger partial charge on any atom is -0.346 e. The van der Waals surface area contributed by atoms with Crippen LogP contribution in [0.2, 0.25) is 4.47 Å². The van der Waals surface area contributed by atoms with E-state index in [-0.39, 0.29) is 5.91 Å². The summed E-state index contributed by atoms with van der Waals surface area (Å²) in [6.07, 6.45) is 1.69. The number of amides is 1. The molecule has 22 heavy (non-hydrogen) atoms. The third-order valence-electron chi connectivity index (χ3n) is 3.01.